The summed E-state index contributed by atoms with van der Waals surface area (Å²) in [5, 5.41) is 9.80. The van der Waals surface area contributed by atoms with E-state index in [0.29, 0.717) is 12.8 Å². The molecule has 1 aliphatic carbocycles. The third-order valence-corrected chi connectivity index (χ3v) is 5.49. The average molecular weight is 325 g/mol. The Bertz CT molecular complexity index is 577. The maximum Gasteiger partial charge on any atom is 0.243 e. The number of hydrogen-bond donors (Lipinski definition) is 3. The monoisotopic (exact) mass is 324 g/mol. The highest BCUT2D eigenvalue weighted by molar-refractivity contribution is 7.89. The molecule has 0 spiro atoms. The van der Waals surface area contributed by atoms with Gasteiger partial charge in [0.2, 0.25) is 10.0 Å². The SMILES string of the molecule is Nc1cc(Cl)c(S(=O)(=O)NCC2(O)CCC2)c(Cl)c1. The van der Waals surface area contributed by atoms with E-state index in [2.05, 4.69) is 4.72 Å². The lowest BCUT2D eigenvalue weighted by molar-refractivity contribution is -0.0270. The van der Waals surface area contributed by atoms with Crippen LogP contribution in [0.5, 0.6) is 0 Å². The van der Waals surface area contributed by atoms with Gasteiger partial charge in [-0.05, 0) is 31.4 Å². The van der Waals surface area contributed by atoms with Crippen molar-refractivity contribution in [2.45, 2.75) is 29.8 Å². The summed E-state index contributed by atoms with van der Waals surface area (Å²) in [4.78, 5) is -0.215. The molecule has 0 amide bonds. The minimum atomic E-state index is -3.88. The highest BCUT2D eigenvalue weighted by atomic mass is 35.5. The smallest absolute Gasteiger partial charge is 0.243 e. The number of sulfonamides is 1. The Morgan fingerprint density at radius 2 is 1.84 bits per heavy atom. The zero-order chi connectivity index (χ0) is 14.3. The molecule has 0 radical (unpaired) electrons. The molecule has 0 atom stereocenters. The molecule has 1 fully saturated rings. The average Bonchev–Trinajstić information content (AvgIpc) is 2.22. The van der Waals surface area contributed by atoms with Gasteiger partial charge >= 0.3 is 0 Å². The van der Waals surface area contributed by atoms with Gasteiger partial charge in [0, 0.05) is 12.2 Å². The molecule has 19 heavy (non-hydrogen) atoms. The van der Waals surface area contributed by atoms with Crippen LogP contribution in [-0.4, -0.2) is 25.7 Å². The van der Waals surface area contributed by atoms with Gasteiger partial charge in [0.1, 0.15) is 4.90 Å². The third kappa shape index (κ3) is 3.14. The number of hydrogen-bond acceptors (Lipinski definition) is 4. The number of benzene rings is 1. The molecular formula is C11H14Cl2N2O3S. The lowest BCUT2D eigenvalue weighted by atomic mass is 9.81. The Morgan fingerprint density at radius 1 is 1.32 bits per heavy atom. The zero-order valence-electron chi connectivity index (χ0n) is 9.99. The number of nitrogens with two attached hydrogens (primary N) is 1. The lowest BCUT2D eigenvalue weighted by Gasteiger charge is -2.36. The van der Waals surface area contributed by atoms with Crippen molar-refractivity contribution < 1.29 is 13.5 Å². The largest absolute Gasteiger partial charge is 0.399 e. The standard InChI is InChI=1S/C11H14Cl2N2O3S/c12-8-4-7(14)5-9(13)10(8)19(17,18)15-6-11(16)2-1-3-11/h4-5,15-16H,1-3,6,14H2. The van der Waals surface area contributed by atoms with Crippen molar-refractivity contribution in [3.63, 3.8) is 0 Å². The van der Waals surface area contributed by atoms with Crippen LogP contribution in [0.25, 0.3) is 0 Å². The van der Waals surface area contributed by atoms with E-state index >= 15 is 0 Å². The van der Waals surface area contributed by atoms with Crippen molar-refractivity contribution in [2.24, 2.45) is 0 Å². The maximum absolute atomic E-state index is 12.1. The highest BCUT2D eigenvalue weighted by Crippen LogP contribution is 2.34. The van der Waals surface area contributed by atoms with Gasteiger partial charge < -0.3 is 10.8 Å². The molecule has 0 saturated heterocycles. The fraction of sp³-hybridized carbons (Fsp3) is 0.455. The van der Waals surface area contributed by atoms with Crippen molar-refractivity contribution in [3.8, 4) is 0 Å². The molecule has 2 rings (SSSR count). The van der Waals surface area contributed by atoms with Crippen LogP contribution in [0, 0.1) is 0 Å². The van der Waals surface area contributed by atoms with E-state index in [-0.39, 0.29) is 27.2 Å². The molecule has 1 aromatic rings. The van der Waals surface area contributed by atoms with Crippen molar-refractivity contribution >= 4 is 38.9 Å². The number of nitrogens with one attached hydrogen (secondary N) is 1. The predicted molar refractivity (Wildman–Crippen MR) is 74.9 cm³/mol. The van der Waals surface area contributed by atoms with Gasteiger partial charge in [0.25, 0.3) is 0 Å². The van der Waals surface area contributed by atoms with Gasteiger partial charge in [-0.15, -0.1) is 0 Å². The molecular weight excluding hydrogens is 311 g/mol. The van der Waals surface area contributed by atoms with Crippen molar-refractivity contribution in [1.29, 1.82) is 0 Å². The number of rotatable bonds is 4. The normalized spacial score (nSPS) is 18.1. The predicted octanol–water partition coefficient (Wildman–Crippen LogP) is 1.77. The van der Waals surface area contributed by atoms with E-state index in [1.807, 2.05) is 0 Å². The molecule has 5 nitrogen and oxygen atoms in total. The van der Waals surface area contributed by atoms with Gasteiger partial charge in [0.05, 0.1) is 15.6 Å². The number of nitrogen functional groups attached to an aromatic ring is 1. The summed E-state index contributed by atoms with van der Waals surface area (Å²) in [6, 6.07) is 2.64. The molecule has 1 saturated carbocycles. The van der Waals surface area contributed by atoms with Crippen LogP contribution in [-0.2, 0) is 10.0 Å². The lowest BCUT2D eigenvalue weighted by Crippen LogP contribution is -2.47. The summed E-state index contributed by atoms with van der Waals surface area (Å²) in [6.07, 6.45) is 2.05. The van der Waals surface area contributed by atoms with Crippen molar-refractivity contribution in [1.82, 2.24) is 4.72 Å². The highest BCUT2D eigenvalue weighted by Gasteiger charge is 2.36. The third-order valence-electron chi connectivity index (χ3n) is 3.16. The Balaban J connectivity index is 2.24. The summed E-state index contributed by atoms with van der Waals surface area (Å²) in [5.74, 6) is 0. The summed E-state index contributed by atoms with van der Waals surface area (Å²) < 4.78 is 26.6. The molecule has 8 heteroatoms. The summed E-state index contributed by atoms with van der Waals surface area (Å²) >= 11 is 11.7. The summed E-state index contributed by atoms with van der Waals surface area (Å²) in [6.45, 7) is -0.0492. The van der Waals surface area contributed by atoms with Crippen LogP contribution in [0.4, 0.5) is 5.69 Å². The molecule has 0 bridgehead atoms. The Hall–Kier alpha value is -0.530. The van der Waals surface area contributed by atoms with E-state index in [0.717, 1.165) is 6.42 Å². The first kappa shape index (κ1) is 14.9. The first-order valence-corrected chi connectivity index (χ1v) is 7.94. The van der Waals surface area contributed by atoms with E-state index in [4.69, 9.17) is 28.9 Å². The molecule has 4 N–H and O–H groups in total. The van der Waals surface area contributed by atoms with Gasteiger partial charge in [-0.25, -0.2) is 13.1 Å². The van der Waals surface area contributed by atoms with Crippen LogP contribution in [0.3, 0.4) is 0 Å². The van der Waals surface area contributed by atoms with Crippen LogP contribution >= 0.6 is 23.2 Å². The Labute approximate surface area is 121 Å². The first-order valence-electron chi connectivity index (χ1n) is 5.70. The second kappa shape index (κ2) is 5.10. The minimum Gasteiger partial charge on any atom is -0.399 e. The van der Waals surface area contributed by atoms with Gasteiger partial charge in [-0.2, -0.15) is 0 Å². The van der Waals surface area contributed by atoms with Gasteiger partial charge in [0.15, 0.2) is 0 Å². The Kier molecular flexibility index (Phi) is 3.99. The first-order chi connectivity index (χ1) is 8.73. The van der Waals surface area contributed by atoms with Crippen LogP contribution in [0.2, 0.25) is 10.0 Å². The molecule has 1 aliphatic rings. The molecule has 0 aromatic heterocycles. The van der Waals surface area contributed by atoms with Gasteiger partial charge in [-0.3, -0.25) is 0 Å². The van der Waals surface area contributed by atoms with Crippen LogP contribution < -0.4 is 10.5 Å². The molecule has 0 aliphatic heterocycles. The molecule has 1 aromatic carbocycles. The zero-order valence-corrected chi connectivity index (χ0v) is 12.3. The van der Waals surface area contributed by atoms with E-state index in [9.17, 15) is 13.5 Å². The van der Waals surface area contributed by atoms with Gasteiger partial charge in [-0.1, -0.05) is 23.2 Å². The minimum absolute atomic E-state index is 0.0434. The molecule has 0 heterocycles. The van der Waals surface area contributed by atoms with Crippen LogP contribution in [0.15, 0.2) is 17.0 Å². The second-order valence-electron chi connectivity index (χ2n) is 4.72. The summed E-state index contributed by atoms with van der Waals surface area (Å²) in [7, 11) is -3.88. The maximum atomic E-state index is 12.1. The Morgan fingerprint density at radius 3 is 2.26 bits per heavy atom. The number of halogens is 2. The topological polar surface area (TPSA) is 92.4 Å². The number of anilines is 1. The quantitative estimate of drug-likeness (QED) is 0.736. The second-order valence-corrected chi connectivity index (χ2v) is 7.23. The fourth-order valence-corrected chi connectivity index (χ4v) is 4.25. The summed E-state index contributed by atoms with van der Waals surface area (Å²) in [5.41, 5.74) is 4.85. The van der Waals surface area contributed by atoms with Crippen molar-refractivity contribution in [2.75, 3.05) is 12.3 Å². The van der Waals surface area contributed by atoms with Crippen molar-refractivity contribution in [3.05, 3.63) is 22.2 Å². The molecule has 0 unspecified atom stereocenters. The van der Waals surface area contributed by atoms with E-state index in [1.165, 1.54) is 12.1 Å². The van der Waals surface area contributed by atoms with E-state index in [1.54, 1.807) is 0 Å². The molecule has 106 valence electrons. The van der Waals surface area contributed by atoms with Crippen LogP contribution in [0.1, 0.15) is 19.3 Å². The van der Waals surface area contributed by atoms with E-state index < -0.39 is 15.6 Å². The number of aliphatic hydroxyl groups is 1. The fourth-order valence-electron chi connectivity index (χ4n) is 1.90.